The van der Waals surface area contributed by atoms with Gasteiger partial charge in [-0.2, -0.15) is 0 Å². The largest absolute Gasteiger partial charge is 0.0955 e. The molecule has 0 aliphatic carbocycles. The molecule has 0 unspecified atom stereocenters. The van der Waals surface area contributed by atoms with Crippen molar-refractivity contribution in [2.45, 2.75) is 99.3 Å². The minimum absolute atomic E-state index is 0.285. The third-order valence-corrected chi connectivity index (χ3v) is 4.24. The summed E-state index contributed by atoms with van der Waals surface area (Å²) in [4.78, 5) is 0. The summed E-state index contributed by atoms with van der Waals surface area (Å²) >= 11 is 0. The number of rotatable bonds is 11. The van der Waals surface area contributed by atoms with E-state index in [-0.39, 0.29) is 5.41 Å². The maximum Gasteiger partial charge on any atom is -0.0102 e. The van der Waals surface area contributed by atoms with E-state index in [1.165, 1.54) is 74.5 Å². The van der Waals surface area contributed by atoms with Crippen LogP contribution in [0.15, 0.2) is 23.3 Å². The summed E-state index contributed by atoms with van der Waals surface area (Å²) in [6.07, 6.45) is 11.9. The van der Waals surface area contributed by atoms with Gasteiger partial charge in [0, 0.05) is 0 Å². The first-order chi connectivity index (χ1) is 9.36. The molecule has 0 nitrogen and oxygen atoms in total. The predicted molar refractivity (Wildman–Crippen MR) is 94.2 cm³/mol. The van der Waals surface area contributed by atoms with E-state index in [9.17, 15) is 0 Å². The Hall–Kier alpha value is -0.520. The average Bonchev–Trinajstić information content (AvgIpc) is 2.32. The van der Waals surface area contributed by atoms with Crippen molar-refractivity contribution >= 4 is 0 Å². The van der Waals surface area contributed by atoms with Crippen LogP contribution in [0.2, 0.25) is 0 Å². The molecular formula is C20H38. The Morgan fingerprint density at radius 2 is 1.40 bits per heavy atom. The standard InChI is InChI=1S/C20H38/c1-8-10-11-12-13-14-15-18(5)19(17(3)4)20(6,7)16-9-2/h5,8-16H2,1-4,6-7H3. The van der Waals surface area contributed by atoms with E-state index in [4.69, 9.17) is 0 Å². The van der Waals surface area contributed by atoms with Gasteiger partial charge >= 0.3 is 0 Å². The third-order valence-electron chi connectivity index (χ3n) is 4.24. The second kappa shape index (κ2) is 10.2. The molecule has 0 aliphatic heterocycles. The van der Waals surface area contributed by atoms with Crippen molar-refractivity contribution in [1.29, 1.82) is 0 Å². The highest BCUT2D eigenvalue weighted by Crippen LogP contribution is 2.39. The van der Waals surface area contributed by atoms with Crippen molar-refractivity contribution in [3.63, 3.8) is 0 Å². The van der Waals surface area contributed by atoms with Crippen LogP contribution in [0.5, 0.6) is 0 Å². The predicted octanol–water partition coefficient (Wildman–Crippen LogP) is 7.46. The van der Waals surface area contributed by atoms with Crippen LogP contribution in [-0.4, -0.2) is 0 Å². The SMILES string of the molecule is C=C(CCCCCCCC)C(=C(C)C)C(C)(C)CCC. The molecule has 0 radical (unpaired) electrons. The number of hydrogen-bond acceptors (Lipinski definition) is 0. The maximum atomic E-state index is 4.40. The second-order valence-electron chi connectivity index (χ2n) is 7.13. The Morgan fingerprint density at radius 1 is 0.850 bits per heavy atom. The fourth-order valence-corrected chi connectivity index (χ4v) is 3.50. The molecule has 20 heavy (non-hydrogen) atoms. The first-order valence-corrected chi connectivity index (χ1v) is 8.72. The van der Waals surface area contributed by atoms with E-state index >= 15 is 0 Å². The highest BCUT2D eigenvalue weighted by atomic mass is 14.3. The van der Waals surface area contributed by atoms with E-state index in [1.54, 1.807) is 0 Å². The van der Waals surface area contributed by atoms with Gasteiger partial charge in [0.05, 0.1) is 0 Å². The highest BCUT2D eigenvalue weighted by Gasteiger charge is 2.24. The molecule has 0 spiro atoms. The van der Waals surface area contributed by atoms with Gasteiger partial charge < -0.3 is 0 Å². The molecule has 0 aromatic rings. The van der Waals surface area contributed by atoms with Gasteiger partial charge in [0.1, 0.15) is 0 Å². The van der Waals surface area contributed by atoms with Crippen LogP contribution in [0.1, 0.15) is 99.3 Å². The number of hydrogen-bond donors (Lipinski definition) is 0. The molecule has 0 amide bonds. The van der Waals surface area contributed by atoms with E-state index in [0.29, 0.717) is 0 Å². The molecule has 0 aliphatic rings. The first kappa shape index (κ1) is 19.5. The van der Waals surface area contributed by atoms with Crippen LogP contribution in [0, 0.1) is 5.41 Å². The summed E-state index contributed by atoms with van der Waals surface area (Å²) in [5.74, 6) is 0. The summed E-state index contributed by atoms with van der Waals surface area (Å²) in [5.41, 5.74) is 4.67. The van der Waals surface area contributed by atoms with Gasteiger partial charge in [-0.15, -0.1) is 0 Å². The number of unbranched alkanes of at least 4 members (excludes halogenated alkanes) is 5. The van der Waals surface area contributed by atoms with Gasteiger partial charge in [-0.25, -0.2) is 0 Å². The van der Waals surface area contributed by atoms with Gasteiger partial charge in [-0.3, -0.25) is 0 Å². The van der Waals surface area contributed by atoms with E-state index in [0.717, 1.165) is 0 Å². The van der Waals surface area contributed by atoms with Gasteiger partial charge in [0.15, 0.2) is 0 Å². The molecule has 0 aromatic carbocycles. The summed E-state index contributed by atoms with van der Waals surface area (Å²) in [7, 11) is 0. The summed E-state index contributed by atoms with van der Waals surface area (Å²) in [5, 5.41) is 0. The zero-order chi connectivity index (χ0) is 15.6. The Balaban J connectivity index is 4.37. The summed E-state index contributed by atoms with van der Waals surface area (Å²) in [6.45, 7) is 18.2. The maximum absolute atomic E-state index is 4.40. The molecule has 0 atom stereocenters. The van der Waals surface area contributed by atoms with Crippen LogP contribution < -0.4 is 0 Å². The van der Waals surface area contributed by atoms with Crippen molar-refractivity contribution in [3.8, 4) is 0 Å². The lowest BCUT2D eigenvalue weighted by Crippen LogP contribution is -2.17. The zero-order valence-electron chi connectivity index (χ0n) is 15.1. The van der Waals surface area contributed by atoms with Crippen molar-refractivity contribution in [1.82, 2.24) is 0 Å². The van der Waals surface area contributed by atoms with E-state index in [1.807, 2.05) is 0 Å². The van der Waals surface area contributed by atoms with Gasteiger partial charge in [-0.1, -0.05) is 83.9 Å². The van der Waals surface area contributed by atoms with Crippen LogP contribution in [0.3, 0.4) is 0 Å². The summed E-state index contributed by atoms with van der Waals surface area (Å²) in [6, 6.07) is 0. The topological polar surface area (TPSA) is 0 Å². The second-order valence-corrected chi connectivity index (χ2v) is 7.13. The molecular weight excluding hydrogens is 240 g/mol. The minimum atomic E-state index is 0.285. The normalized spacial score (nSPS) is 11.5. The molecule has 0 bridgehead atoms. The molecule has 118 valence electrons. The lowest BCUT2D eigenvalue weighted by Gasteiger charge is -2.31. The van der Waals surface area contributed by atoms with Crippen molar-refractivity contribution in [3.05, 3.63) is 23.3 Å². The summed E-state index contributed by atoms with van der Waals surface area (Å²) < 4.78 is 0. The molecule has 0 aromatic heterocycles. The molecule has 0 fully saturated rings. The Morgan fingerprint density at radius 3 is 1.90 bits per heavy atom. The molecule has 0 saturated heterocycles. The van der Waals surface area contributed by atoms with Crippen LogP contribution >= 0.6 is 0 Å². The lowest BCUT2D eigenvalue weighted by molar-refractivity contribution is 0.401. The number of allylic oxidation sites excluding steroid dienone is 3. The van der Waals surface area contributed by atoms with Gasteiger partial charge in [0.25, 0.3) is 0 Å². The molecule has 0 N–H and O–H groups in total. The highest BCUT2D eigenvalue weighted by molar-refractivity contribution is 5.36. The Kier molecular flexibility index (Phi) is 9.98. The van der Waals surface area contributed by atoms with Crippen molar-refractivity contribution in [2.24, 2.45) is 5.41 Å². The van der Waals surface area contributed by atoms with Crippen LogP contribution in [0.4, 0.5) is 0 Å². The van der Waals surface area contributed by atoms with E-state index in [2.05, 4.69) is 48.1 Å². The molecule has 0 rings (SSSR count). The monoisotopic (exact) mass is 278 g/mol. The van der Waals surface area contributed by atoms with Crippen LogP contribution in [-0.2, 0) is 0 Å². The fraction of sp³-hybridized carbons (Fsp3) is 0.800. The average molecular weight is 279 g/mol. The van der Waals surface area contributed by atoms with Crippen molar-refractivity contribution in [2.75, 3.05) is 0 Å². The lowest BCUT2D eigenvalue weighted by atomic mass is 9.74. The quantitative estimate of drug-likeness (QED) is 0.272. The Labute approximate surface area is 128 Å². The van der Waals surface area contributed by atoms with Crippen LogP contribution in [0.25, 0.3) is 0 Å². The fourth-order valence-electron chi connectivity index (χ4n) is 3.50. The smallest absolute Gasteiger partial charge is 0.0102 e. The third kappa shape index (κ3) is 7.31. The Bertz CT molecular complexity index is 300. The van der Waals surface area contributed by atoms with Gasteiger partial charge in [0.2, 0.25) is 0 Å². The van der Waals surface area contributed by atoms with E-state index < -0.39 is 0 Å². The molecule has 0 heterocycles. The molecule has 0 heteroatoms. The zero-order valence-corrected chi connectivity index (χ0v) is 15.1. The first-order valence-electron chi connectivity index (χ1n) is 8.72. The van der Waals surface area contributed by atoms with Crippen molar-refractivity contribution < 1.29 is 0 Å². The van der Waals surface area contributed by atoms with Gasteiger partial charge in [-0.05, 0) is 44.1 Å². The minimum Gasteiger partial charge on any atom is -0.0955 e. The molecule has 0 saturated carbocycles.